The van der Waals surface area contributed by atoms with Gasteiger partial charge in [0.15, 0.2) is 0 Å². The third-order valence-electron chi connectivity index (χ3n) is 3.19. The smallest absolute Gasteiger partial charge is 0.240 e. The topological polar surface area (TPSA) is 58.6 Å². The molecule has 0 aromatic heterocycles. The molecule has 1 atom stereocenters. The van der Waals surface area contributed by atoms with E-state index >= 15 is 0 Å². The average Bonchev–Trinajstić information content (AvgIpc) is 2.42. The van der Waals surface area contributed by atoms with Gasteiger partial charge in [0.25, 0.3) is 0 Å². The summed E-state index contributed by atoms with van der Waals surface area (Å²) in [5.41, 5.74) is 0. The molecule has 1 saturated heterocycles. The van der Waals surface area contributed by atoms with Crippen LogP contribution in [0, 0.1) is 5.82 Å². The average molecular weight is 337 g/mol. The van der Waals surface area contributed by atoms with Crippen LogP contribution < -0.4 is 4.72 Å². The second-order valence-corrected chi connectivity index (χ2v) is 7.13. The van der Waals surface area contributed by atoms with Gasteiger partial charge in [0.2, 0.25) is 10.0 Å². The van der Waals surface area contributed by atoms with Crippen molar-refractivity contribution in [2.45, 2.75) is 17.9 Å². The fraction of sp³-hybridized carbons (Fsp3) is 0.538. The van der Waals surface area contributed by atoms with Crippen LogP contribution in [0.4, 0.5) is 4.39 Å². The second-order valence-electron chi connectivity index (χ2n) is 5.01. The third kappa shape index (κ3) is 4.62. The highest BCUT2D eigenvalue weighted by atomic mass is 35.5. The number of hydrogen-bond acceptors (Lipinski definition) is 4. The molecule has 1 fully saturated rings. The van der Waals surface area contributed by atoms with Crippen molar-refractivity contribution in [3.05, 3.63) is 29.0 Å². The highest BCUT2D eigenvalue weighted by Gasteiger charge is 2.21. The van der Waals surface area contributed by atoms with E-state index in [-0.39, 0.29) is 16.0 Å². The van der Waals surface area contributed by atoms with Crippen LogP contribution in [0.5, 0.6) is 0 Å². The standard InChI is InChI=1S/C13H18ClFN2O3S/c1-10(9-17-4-6-20-7-5-17)16-21(18,19)11-2-3-13(15)12(14)8-11/h2-3,8,10,16H,4-7,9H2,1H3/t10-/m1/s1. The molecule has 5 nitrogen and oxygen atoms in total. The summed E-state index contributed by atoms with van der Waals surface area (Å²) in [6.45, 7) is 5.28. The van der Waals surface area contributed by atoms with E-state index in [1.54, 1.807) is 6.92 Å². The van der Waals surface area contributed by atoms with E-state index < -0.39 is 15.8 Å². The molecule has 0 aliphatic carbocycles. The van der Waals surface area contributed by atoms with Gasteiger partial charge in [-0.15, -0.1) is 0 Å². The molecule has 118 valence electrons. The van der Waals surface area contributed by atoms with Gasteiger partial charge in [0, 0.05) is 25.7 Å². The van der Waals surface area contributed by atoms with Crippen LogP contribution in [-0.2, 0) is 14.8 Å². The first-order valence-corrected chi connectivity index (χ1v) is 8.52. The molecule has 0 saturated carbocycles. The molecule has 0 amide bonds. The highest BCUT2D eigenvalue weighted by Crippen LogP contribution is 2.19. The molecule has 1 aromatic rings. The Hall–Kier alpha value is -0.730. The van der Waals surface area contributed by atoms with Crippen molar-refractivity contribution < 1.29 is 17.5 Å². The SMILES string of the molecule is C[C@H](CN1CCOCC1)NS(=O)(=O)c1ccc(F)c(Cl)c1. The first kappa shape index (κ1) is 16.6. The monoisotopic (exact) mass is 336 g/mol. The number of sulfonamides is 1. The van der Waals surface area contributed by atoms with Gasteiger partial charge in [0.05, 0.1) is 23.1 Å². The molecule has 0 radical (unpaired) electrons. The van der Waals surface area contributed by atoms with Crippen molar-refractivity contribution in [2.24, 2.45) is 0 Å². The van der Waals surface area contributed by atoms with Crippen LogP contribution in [0.15, 0.2) is 23.1 Å². The zero-order valence-corrected chi connectivity index (χ0v) is 13.3. The Morgan fingerprint density at radius 1 is 1.43 bits per heavy atom. The fourth-order valence-electron chi connectivity index (χ4n) is 2.19. The molecule has 1 aliphatic rings. The summed E-state index contributed by atoms with van der Waals surface area (Å²) >= 11 is 5.62. The maximum absolute atomic E-state index is 13.1. The van der Waals surface area contributed by atoms with Gasteiger partial charge in [-0.1, -0.05) is 11.6 Å². The molecule has 0 spiro atoms. The number of nitrogens with zero attached hydrogens (tertiary/aromatic N) is 1. The number of rotatable bonds is 5. The predicted molar refractivity (Wildman–Crippen MR) is 78.5 cm³/mol. The second kappa shape index (κ2) is 7.02. The van der Waals surface area contributed by atoms with Crippen molar-refractivity contribution in [3.63, 3.8) is 0 Å². The number of nitrogens with one attached hydrogen (secondary N) is 1. The van der Waals surface area contributed by atoms with Crippen LogP contribution >= 0.6 is 11.6 Å². The van der Waals surface area contributed by atoms with Crippen LogP contribution in [-0.4, -0.2) is 52.2 Å². The number of ether oxygens (including phenoxy) is 1. The fourth-order valence-corrected chi connectivity index (χ4v) is 3.69. The molecule has 1 aliphatic heterocycles. The van der Waals surface area contributed by atoms with Gasteiger partial charge >= 0.3 is 0 Å². The Balaban J connectivity index is 2.00. The van der Waals surface area contributed by atoms with E-state index in [4.69, 9.17) is 16.3 Å². The van der Waals surface area contributed by atoms with Crippen LogP contribution in [0.2, 0.25) is 5.02 Å². The summed E-state index contributed by atoms with van der Waals surface area (Å²) < 4.78 is 45.3. The Morgan fingerprint density at radius 3 is 2.71 bits per heavy atom. The van der Waals surface area contributed by atoms with E-state index in [1.807, 2.05) is 0 Å². The number of morpholine rings is 1. The first-order chi connectivity index (χ1) is 9.88. The van der Waals surface area contributed by atoms with Crippen molar-refractivity contribution >= 4 is 21.6 Å². The van der Waals surface area contributed by atoms with Crippen LogP contribution in [0.3, 0.4) is 0 Å². The van der Waals surface area contributed by atoms with Crippen molar-refractivity contribution in [1.29, 1.82) is 0 Å². The quantitative estimate of drug-likeness (QED) is 0.885. The van der Waals surface area contributed by atoms with Gasteiger partial charge in [-0.2, -0.15) is 0 Å². The minimum atomic E-state index is -3.71. The Labute approximate surface area is 129 Å². The van der Waals surface area contributed by atoms with Crippen molar-refractivity contribution in [1.82, 2.24) is 9.62 Å². The molecule has 1 aromatic carbocycles. The van der Waals surface area contributed by atoms with E-state index in [0.717, 1.165) is 25.2 Å². The number of halogens is 2. The molecule has 21 heavy (non-hydrogen) atoms. The molecule has 2 rings (SSSR count). The largest absolute Gasteiger partial charge is 0.379 e. The van der Waals surface area contributed by atoms with Crippen LogP contribution in [0.1, 0.15) is 6.92 Å². The lowest BCUT2D eigenvalue weighted by Gasteiger charge is -2.29. The summed E-state index contributed by atoms with van der Waals surface area (Å²) in [6.07, 6.45) is 0. The summed E-state index contributed by atoms with van der Waals surface area (Å²) in [5, 5.41) is -0.210. The van der Waals surface area contributed by atoms with E-state index in [0.29, 0.717) is 19.8 Å². The molecular formula is C13H18ClFN2O3S. The molecular weight excluding hydrogens is 319 g/mol. The van der Waals surface area contributed by atoms with Gasteiger partial charge < -0.3 is 4.74 Å². The highest BCUT2D eigenvalue weighted by molar-refractivity contribution is 7.89. The van der Waals surface area contributed by atoms with Gasteiger partial charge in [-0.3, -0.25) is 4.90 Å². The summed E-state index contributed by atoms with van der Waals surface area (Å²) in [5.74, 6) is -0.642. The normalized spacial score (nSPS) is 18.6. The lowest BCUT2D eigenvalue weighted by Crippen LogP contribution is -2.45. The third-order valence-corrected chi connectivity index (χ3v) is 5.07. The maximum atomic E-state index is 13.1. The zero-order valence-electron chi connectivity index (χ0n) is 11.7. The number of hydrogen-bond donors (Lipinski definition) is 1. The summed E-state index contributed by atoms with van der Waals surface area (Å²) in [7, 11) is -3.71. The minimum absolute atomic E-state index is 0.0391. The summed E-state index contributed by atoms with van der Waals surface area (Å²) in [6, 6.07) is 3.09. The Bertz CT molecular complexity index is 591. The zero-order chi connectivity index (χ0) is 15.5. The van der Waals surface area contributed by atoms with E-state index in [1.165, 1.54) is 6.07 Å². The minimum Gasteiger partial charge on any atom is -0.379 e. The lowest BCUT2D eigenvalue weighted by molar-refractivity contribution is 0.0354. The number of benzene rings is 1. The maximum Gasteiger partial charge on any atom is 0.240 e. The van der Waals surface area contributed by atoms with Crippen LogP contribution in [0.25, 0.3) is 0 Å². The van der Waals surface area contributed by atoms with Gasteiger partial charge in [-0.25, -0.2) is 17.5 Å². The van der Waals surface area contributed by atoms with Gasteiger partial charge in [-0.05, 0) is 25.1 Å². The summed E-state index contributed by atoms with van der Waals surface area (Å²) in [4.78, 5) is 2.09. The van der Waals surface area contributed by atoms with E-state index in [2.05, 4.69) is 9.62 Å². The Kier molecular flexibility index (Phi) is 5.56. The predicted octanol–water partition coefficient (Wildman–Crippen LogP) is 1.48. The molecule has 0 unspecified atom stereocenters. The lowest BCUT2D eigenvalue weighted by atomic mass is 10.3. The molecule has 1 heterocycles. The van der Waals surface area contributed by atoms with Gasteiger partial charge in [0.1, 0.15) is 5.82 Å². The molecule has 0 bridgehead atoms. The van der Waals surface area contributed by atoms with Crippen molar-refractivity contribution in [2.75, 3.05) is 32.8 Å². The Morgan fingerprint density at radius 2 is 2.10 bits per heavy atom. The van der Waals surface area contributed by atoms with Crippen molar-refractivity contribution in [3.8, 4) is 0 Å². The van der Waals surface area contributed by atoms with E-state index in [9.17, 15) is 12.8 Å². The first-order valence-electron chi connectivity index (χ1n) is 6.66. The molecule has 1 N–H and O–H groups in total. The molecule has 8 heteroatoms.